The van der Waals surface area contributed by atoms with Crippen LogP contribution in [0.1, 0.15) is 16.7 Å². The molecule has 2 N–H and O–H groups in total. The van der Waals surface area contributed by atoms with E-state index in [1.165, 1.54) is 0 Å². The SMILES string of the molecule is O=C(O)C(=O)N(Cc1cc(C(F)(F)F)cc(C(F)(F)F)c1)c1ccc(NS(=O)(=O)c2ccc(F)c(F)c2)cc1. The fraction of sp³-hybridized carbons (Fsp3) is 0.130. The number of amides is 1. The molecule has 0 heterocycles. The largest absolute Gasteiger partial charge is 0.474 e. The summed E-state index contributed by atoms with van der Waals surface area (Å²) in [6.45, 7) is -1.03. The Labute approximate surface area is 214 Å². The molecule has 0 fully saturated rings. The number of carboxylic acids is 1. The van der Waals surface area contributed by atoms with Gasteiger partial charge in [-0.3, -0.25) is 14.4 Å². The molecular formula is C23H14F8N2O5S. The Hall–Kier alpha value is -4.21. The van der Waals surface area contributed by atoms with Gasteiger partial charge in [0.25, 0.3) is 10.0 Å². The van der Waals surface area contributed by atoms with Crippen molar-refractivity contribution in [1.29, 1.82) is 0 Å². The standard InChI is InChI=1S/C23H14F8N2O5S/c24-18-6-5-17(10-19(18)25)39(37,38)32-15-1-3-16(4-2-15)33(20(34)21(35)36)11-12-7-13(22(26,27)28)9-14(8-12)23(29,30)31/h1-10,32H,11H2,(H,35,36). The Kier molecular flexibility index (Phi) is 7.91. The number of alkyl halides is 6. The smallest absolute Gasteiger partial charge is 0.416 e. The quantitative estimate of drug-likeness (QED) is 0.299. The van der Waals surface area contributed by atoms with E-state index in [2.05, 4.69) is 0 Å². The number of sulfonamides is 1. The van der Waals surface area contributed by atoms with E-state index in [1.807, 2.05) is 4.72 Å². The van der Waals surface area contributed by atoms with Crippen molar-refractivity contribution >= 4 is 33.3 Å². The average Bonchev–Trinajstić information content (AvgIpc) is 2.82. The Morgan fingerprint density at radius 1 is 0.795 bits per heavy atom. The molecule has 0 aliphatic heterocycles. The molecule has 16 heteroatoms. The van der Waals surface area contributed by atoms with Gasteiger partial charge in [0, 0.05) is 11.4 Å². The molecule has 1 amide bonds. The minimum Gasteiger partial charge on any atom is -0.474 e. The van der Waals surface area contributed by atoms with E-state index < -0.39 is 74.0 Å². The van der Waals surface area contributed by atoms with Gasteiger partial charge in [-0.1, -0.05) is 0 Å². The third-order valence-electron chi connectivity index (χ3n) is 5.05. The van der Waals surface area contributed by atoms with Gasteiger partial charge >= 0.3 is 24.2 Å². The zero-order chi connectivity index (χ0) is 29.3. The number of rotatable bonds is 6. The minimum atomic E-state index is -5.19. The highest BCUT2D eigenvalue weighted by molar-refractivity contribution is 7.92. The highest BCUT2D eigenvalue weighted by Crippen LogP contribution is 2.37. The van der Waals surface area contributed by atoms with Crippen molar-refractivity contribution in [3.8, 4) is 0 Å². The van der Waals surface area contributed by atoms with Gasteiger partial charge < -0.3 is 5.11 Å². The van der Waals surface area contributed by atoms with Crippen molar-refractivity contribution < 1.29 is 58.2 Å². The summed E-state index contributed by atoms with van der Waals surface area (Å²) < 4.78 is 133. The van der Waals surface area contributed by atoms with Crippen molar-refractivity contribution in [1.82, 2.24) is 0 Å². The van der Waals surface area contributed by atoms with Crippen LogP contribution in [0.5, 0.6) is 0 Å². The summed E-state index contributed by atoms with van der Waals surface area (Å²) in [6, 6.07) is 6.15. The first kappa shape index (κ1) is 29.3. The van der Waals surface area contributed by atoms with Crippen LogP contribution in [-0.2, 0) is 38.5 Å². The molecule has 39 heavy (non-hydrogen) atoms. The Morgan fingerprint density at radius 3 is 1.79 bits per heavy atom. The van der Waals surface area contributed by atoms with E-state index in [4.69, 9.17) is 5.11 Å². The number of carbonyl (C=O) groups is 2. The van der Waals surface area contributed by atoms with Gasteiger partial charge in [-0.2, -0.15) is 26.3 Å². The Morgan fingerprint density at radius 2 is 1.33 bits per heavy atom. The molecule has 3 aromatic rings. The molecule has 0 aromatic heterocycles. The number of carboxylic acid groups (broad SMARTS) is 1. The topological polar surface area (TPSA) is 104 Å². The van der Waals surface area contributed by atoms with E-state index in [0.717, 1.165) is 30.3 Å². The lowest BCUT2D eigenvalue weighted by molar-refractivity contribution is -0.149. The molecule has 0 aliphatic rings. The summed E-state index contributed by atoms with van der Waals surface area (Å²) in [5.74, 6) is -6.54. The molecule has 0 radical (unpaired) electrons. The number of hydrogen-bond acceptors (Lipinski definition) is 4. The molecule has 0 aliphatic carbocycles. The van der Waals surface area contributed by atoms with Crippen molar-refractivity contribution in [2.45, 2.75) is 23.8 Å². The molecule has 0 unspecified atom stereocenters. The van der Waals surface area contributed by atoms with Gasteiger partial charge in [0.2, 0.25) is 0 Å². The molecule has 0 bridgehead atoms. The maximum Gasteiger partial charge on any atom is 0.416 e. The zero-order valence-corrected chi connectivity index (χ0v) is 19.8. The summed E-state index contributed by atoms with van der Waals surface area (Å²) in [5.41, 5.74) is -4.61. The maximum atomic E-state index is 13.4. The monoisotopic (exact) mass is 582 g/mol. The number of carbonyl (C=O) groups excluding carboxylic acids is 1. The van der Waals surface area contributed by atoms with Crippen molar-refractivity contribution in [3.05, 3.63) is 89.0 Å². The molecule has 0 saturated carbocycles. The number of nitrogens with one attached hydrogen (secondary N) is 1. The van der Waals surface area contributed by atoms with Crippen LogP contribution in [0.4, 0.5) is 46.5 Å². The predicted octanol–water partition coefficient (Wildman–Crippen LogP) is 5.42. The second-order valence-corrected chi connectivity index (χ2v) is 9.52. The summed E-state index contributed by atoms with van der Waals surface area (Å²) in [5, 5.41) is 9.13. The van der Waals surface area contributed by atoms with Crippen LogP contribution in [-0.4, -0.2) is 25.4 Å². The third-order valence-corrected chi connectivity index (χ3v) is 6.43. The van der Waals surface area contributed by atoms with Crippen LogP contribution in [0.25, 0.3) is 0 Å². The number of hydrogen-bond donors (Lipinski definition) is 2. The second kappa shape index (κ2) is 10.5. The van der Waals surface area contributed by atoms with Crippen molar-refractivity contribution in [3.63, 3.8) is 0 Å². The van der Waals surface area contributed by atoms with Gasteiger partial charge in [0.1, 0.15) is 0 Å². The molecule has 3 aromatic carbocycles. The molecule has 3 rings (SSSR count). The zero-order valence-electron chi connectivity index (χ0n) is 18.9. The fourth-order valence-electron chi connectivity index (χ4n) is 3.26. The summed E-state index contributed by atoms with van der Waals surface area (Å²) >= 11 is 0. The van der Waals surface area contributed by atoms with E-state index in [-0.39, 0.29) is 17.4 Å². The van der Waals surface area contributed by atoms with Crippen LogP contribution in [0.2, 0.25) is 0 Å². The number of anilines is 2. The van der Waals surface area contributed by atoms with Crippen molar-refractivity contribution in [2.75, 3.05) is 9.62 Å². The summed E-state index contributed by atoms with van der Waals surface area (Å²) in [4.78, 5) is 23.3. The number of benzene rings is 3. The van der Waals surface area contributed by atoms with Gasteiger partial charge in [-0.05, 0) is 66.2 Å². The van der Waals surface area contributed by atoms with Crippen LogP contribution in [0.3, 0.4) is 0 Å². The summed E-state index contributed by atoms with van der Waals surface area (Å²) in [7, 11) is -4.45. The average molecular weight is 582 g/mol. The molecule has 0 spiro atoms. The lowest BCUT2D eigenvalue weighted by Crippen LogP contribution is -2.36. The first-order chi connectivity index (χ1) is 17.9. The number of nitrogens with zero attached hydrogens (tertiary/aromatic N) is 1. The minimum absolute atomic E-state index is 0.138. The van der Waals surface area contributed by atoms with Crippen LogP contribution < -0.4 is 9.62 Å². The van der Waals surface area contributed by atoms with E-state index in [9.17, 15) is 53.1 Å². The first-order valence-electron chi connectivity index (χ1n) is 10.3. The van der Waals surface area contributed by atoms with Crippen LogP contribution in [0, 0.1) is 11.6 Å². The lowest BCUT2D eigenvalue weighted by atomic mass is 10.0. The summed E-state index contributed by atoms with van der Waals surface area (Å²) in [6.07, 6.45) is -10.4. The van der Waals surface area contributed by atoms with E-state index in [1.54, 1.807) is 0 Å². The van der Waals surface area contributed by atoms with Gasteiger partial charge in [-0.15, -0.1) is 0 Å². The van der Waals surface area contributed by atoms with Gasteiger partial charge in [0.05, 0.1) is 22.6 Å². The maximum absolute atomic E-state index is 13.4. The van der Waals surface area contributed by atoms with Crippen molar-refractivity contribution in [2.24, 2.45) is 0 Å². The highest BCUT2D eigenvalue weighted by Gasteiger charge is 2.37. The number of aliphatic carboxylic acids is 1. The van der Waals surface area contributed by atoms with Gasteiger partial charge in [0.15, 0.2) is 11.6 Å². The lowest BCUT2D eigenvalue weighted by Gasteiger charge is -2.23. The first-order valence-corrected chi connectivity index (χ1v) is 11.8. The van der Waals surface area contributed by atoms with E-state index in [0.29, 0.717) is 29.2 Å². The Bertz CT molecular complexity index is 1490. The molecule has 208 valence electrons. The van der Waals surface area contributed by atoms with E-state index >= 15 is 0 Å². The van der Waals surface area contributed by atoms with Crippen LogP contribution in [0.15, 0.2) is 65.6 Å². The molecule has 0 atom stereocenters. The normalized spacial score (nSPS) is 12.2. The third kappa shape index (κ3) is 7.01. The number of halogens is 8. The van der Waals surface area contributed by atoms with Gasteiger partial charge in [-0.25, -0.2) is 22.0 Å². The highest BCUT2D eigenvalue weighted by atomic mass is 32.2. The fourth-order valence-corrected chi connectivity index (χ4v) is 4.33. The molecule has 7 nitrogen and oxygen atoms in total. The Balaban J connectivity index is 1.96. The molecular weight excluding hydrogens is 568 g/mol. The second-order valence-electron chi connectivity index (χ2n) is 7.84. The molecule has 0 saturated heterocycles. The van der Waals surface area contributed by atoms with Crippen LogP contribution >= 0.6 is 0 Å². The predicted molar refractivity (Wildman–Crippen MR) is 119 cm³/mol.